The summed E-state index contributed by atoms with van der Waals surface area (Å²) in [5.41, 5.74) is 1.79. The predicted octanol–water partition coefficient (Wildman–Crippen LogP) is 2.65. The smallest absolute Gasteiger partial charge is 0.268 e. The molecule has 1 atom stereocenters. The van der Waals surface area contributed by atoms with Gasteiger partial charge in [-0.15, -0.1) is 0 Å². The molecule has 3 rings (SSSR count). The van der Waals surface area contributed by atoms with Crippen LogP contribution in [0.1, 0.15) is 12.5 Å². The van der Waals surface area contributed by atoms with Crippen molar-refractivity contribution >= 4 is 17.5 Å². The lowest BCUT2D eigenvalue weighted by Crippen LogP contribution is -2.49. The Balaban J connectivity index is 1.57. The molecule has 0 saturated carbocycles. The number of ether oxygens (including phenoxy) is 2. The first-order valence-electron chi connectivity index (χ1n) is 8.96. The Bertz CT molecular complexity index is 819. The van der Waals surface area contributed by atoms with Crippen LogP contribution >= 0.6 is 0 Å². The highest BCUT2D eigenvalue weighted by atomic mass is 16.5. The number of hydrogen-bond acceptors (Lipinski definition) is 4. The second-order valence-corrected chi connectivity index (χ2v) is 6.63. The number of carbonyl (C=O) groups is 2. The first-order chi connectivity index (χ1) is 13.0. The van der Waals surface area contributed by atoms with Crippen LogP contribution in [-0.2, 0) is 9.59 Å². The fourth-order valence-electron chi connectivity index (χ4n) is 2.84. The second kappa shape index (κ2) is 8.12. The highest BCUT2D eigenvalue weighted by molar-refractivity contribution is 6.03. The van der Waals surface area contributed by atoms with Gasteiger partial charge in [0, 0.05) is 7.05 Å². The van der Waals surface area contributed by atoms with E-state index in [0.29, 0.717) is 24.6 Å². The van der Waals surface area contributed by atoms with E-state index in [1.54, 1.807) is 31.0 Å². The fourth-order valence-corrected chi connectivity index (χ4v) is 2.84. The van der Waals surface area contributed by atoms with Gasteiger partial charge < -0.3 is 14.4 Å². The Kier molecular flexibility index (Phi) is 5.64. The summed E-state index contributed by atoms with van der Waals surface area (Å²) >= 11 is 0. The molecule has 1 heterocycles. The molecule has 27 heavy (non-hydrogen) atoms. The Morgan fingerprint density at radius 3 is 2.63 bits per heavy atom. The van der Waals surface area contributed by atoms with Crippen molar-refractivity contribution in [3.05, 3.63) is 54.1 Å². The molecule has 1 unspecified atom stereocenters. The van der Waals surface area contributed by atoms with Crippen LogP contribution in [0.25, 0.3) is 0 Å². The lowest BCUT2D eigenvalue weighted by Gasteiger charge is -2.33. The van der Waals surface area contributed by atoms with Crippen molar-refractivity contribution in [2.24, 2.45) is 0 Å². The number of amides is 2. The van der Waals surface area contributed by atoms with Crippen molar-refractivity contribution in [3.63, 3.8) is 0 Å². The van der Waals surface area contributed by atoms with E-state index in [0.717, 1.165) is 5.75 Å². The van der Waals surface area contributed by atoms with Gasteiger partial charge in [0.05, 0.1) is 12.2 Å². The molecule has 0 saturated heterocycles. The third kappa shape index (κ3) is 4.39. The predicted molar refractivity (Wildman–Crippen MR) is 103 cm³/mol. The molecule has 0 N–H and O–H groups in total. The third-order valence-electron chi connectivity index (χ3n) is 4.51. The summed E-state index contributed by atoms with van der Waals surface area (Å²) in [6.45, 7) is 4.50. The van der Waals surface area contributed by atoms with Crippen LogP contribution in [0, 0.1) is 6.92 Å². The minimum absolute atomic E-state index is 0.0232. The van der Waals surface area contributed by atoms with Crippen molar-refractivity contribution in [1.82, 2.24) is 4.90 Å². The number of aryl methyl sites for hydroxylation is 1. The number of para-hydroxylation sites is 2. The molecule has 2 amide bonds. The van der Waals surface area contributed by atoms with Crippen LogP contribution < -0.4 is 14.4 Å². The molecule has 0 aliphatic carbocycles. The average molecular weight is 368 g/mol. The zero-order valence-electron chi connectivity index (χ0n) is 15.8. The van der Waals surface area contributed by atoms with Crippen LogP contribution in [0.5, 0.6) is 11.5 Å². The molecular weight excluding hydrogens is 344 g/mol. The van der Waals surface area contributed by atoms with Crippen molar-refractivity contribution in [3.8, 4) is 11.5 Å². The molecule has 6 heteroatoms. The van der Waals surface area contributed by atoms with E-state index in [9.17, 15) is 9.59 Å². The summed E-state index contributed by atoms with van der Waals surface area (Å²) in [5.74, 6) is 1.02. The molecule has 2 aromatic rings. The average Bonchev–Trinajstić information content (AvgIpc) is 2.66. The van der Waals surface area contributed by atoms with E-state index in [1.165, 1.54) is 10.5 Å². The number of likely N-dealkylation sites (N-methyl/N-ethyl adjacent to an activating group) is 1. The van der Waals surface area contributed by atoms with E-state index >= 15 is 0 Å². The minimum Gasteiger partial charge on any atom is -0.492 e. The maximum absolute atomic E-state index is 12.6. The standard InChI is InChI=1S/C21H24N2O4/c1-15-8-10-17(11-9-15)26-13-12-22(3)20(24)14-23-18-6-4-5-7-19(18)27-16(2)21(23)25/h4-11,16H,12-14H2,1-3H3. The first kappa shape index (κ1) is 18.8. The monoisotopic (exact) mass is 368 g/mol. The molecule has 6 nitrogen and oxygen atoms in total. The molecular formula is C21H24N2O4. The zero-order valence-corrected chi connectivity index (χ0v) is 15.8. The maximum Gasteiger partial charge on any atom is 0.268 e. The summed E-state index contributed by atoms with van der Waals surface area (Å²) in [7, 11) is 1.71. The molecule has 2 aromatic carbocycles. The topological polar surface area (TPSA) is 59.1 Å². The lowest BCUT2D eigenvalue weighted by molar-refractivity contribution is -0.132. The third-order valence-corrected chi connectivity index (χ3v) is 4.51. The quantitative estimate of drug-likeness (QED) is 0.787. The number of carbonyl (C=O) groups excluding carboxylic acids is 2. The van der Waals surface area contributed by atoms with Crippen LogP contribution in [0.2, 0.25) is 0 Å². The summed E-state index contributed by atoms with van der Waals surface area (Å²) < 4.78 is 11.3. The zero-order chi connectivity index (χ0) is 19.4. The van der Waals surface area contributed by atoms with Crippen LogP contribution in [0.3, 0.4) is 0 Å². The number of fused-ring (bicyclic) bond motifs is 1. The molecule has 0 spiro atoms. The summed E-state index contributed by atoms with van der Waals surface area (Å²) in [5, 5.41) is 0. The van der Waals surface area contributed by atoms with Gasteiger partial charge in [-0.25, -0.2) is 0 Å². The van der Waals surface area contributed by atoms with E-state index < -0.39 is 6.10 Å². The van der Waals surface area contributed by atoms with Crippen molar-refractivity contribution < 1.29 is 19.1 Å². The number of benzene rings is 2. The van der Waals surface area contributed by atoms with E-state index in [2.05, 4.69) is 0 Å². The molecule has 0 bridgehead atoms. The Morgan fingerprint density at radius 1 is 1.19 bits per heavy atom. The van der Waals surface area contributed by atoms with Gasteiger partial charge in [-0.3, -0.25) is 14.5 Å². The van der Waals surface area contributed by atoms with Gasteiger partial charge in [0.1, 0.15) is 24.7 Å². The van der Waals surface area contributed by atoms with Gasteiger partial charge in [-0.1, -0.05) is 29.8 Å². The molecule has 1 aliphatic rings. The second-order valence-electron chi connectivity index (χ2n) is 6.63. The van der Waals surface area contributed by atoms with Gasteiger partial charge in [-0.05, 0) is 38.1 Å². The van der Waals surface area contributed by atoms with E-state index in [-0.39, 0.29) is 18.4 Å². The molecule has 0 fully saturated rings. The number of hydrogen-bond donors (Lipinski definition) is 0. The van der Waals surface area contributed by atoms with Crippen LogP contribution in [-0.4, -0.2) is 49.6 Å². The molecule has 1 aliphatic heterocycles. The Labute approximate surface area is 159 Å². The normalized spacial score (nSPS) is 15.7. The van der Waals surface area contributed by atoms with Gasteiger partial charge >= 0.3 is 0 Å². The van der Waals surface area contributed by atoms with Gasteiger partial charge in [0.2, 0.25) is 5.91 Å². The number of anilines is 1. The SMILES string of the molecule is Cc1ccc(OCCN(C)C(=O)CN2C(=O)C(C)Oc3ccccc32)cc1. The highest BCUT2D eigenvalue weighted by Crippen LogP contribution is 2.33. The number of nitrogens with zero attached hydrogens (tertiary/aromatic N) is 2. The van der Waals surface area contributed by atoms with Gasteiger partial charge in [-0.2, -0.15) is 0 Å². The molecule has 0 aromatic heterocycles. The van der Waals surface area contributed by atoms with E-state index in [1.807, 2.05) is 43.3 Å². The summed E-state index contributed by atoms with van der Waals surface area (Å²) in [4.78, 5) is 28.1. The first-order valence-corrected chi connectivity index (χ1v) is 8.96. The maximum atomic E-state index is 12.6. The van der Waals surface area contributed by atoms with Crippen molar-refractivity contribution in [1.29, 1.82) is 0 Å². The Hall–Kier alpha value is -3.02. The molecule has 0 radical (unpaired) electrons. The van der Waals surface area contributed by atoms with Crippen molar-refractivity contribution in [2.75, 3.05) is 31.6 Å². The summed E-state index contributed by atoms with van der Waals surface area (Å²) in [6.07, 6.45) is -0.608. The summed E-state index contributed by atoms with van der Waals surface area (Å²) in [6, 6.07) is 15.0. The largest absolute Gasteiger partial charge is 0.492 e. The minimum atomic E-state index is -0.608. The van der Waals surface area contributed by atoms with Crippen LogP contribution in [0.4, 0.5) is 5.69 Å². The van der Waals surface area contributed by atoms with E-state index in [4.69, 9.17) is 9.47 Å². The molecule has 142 valence electrons. The number of rotatable bonds is 6. The lowest BCUT2D eigenvalue weighted by atomic mass is 10.2. The Morgan fingerprint density at radius 2 is 1.89 bits per heavy atom. The highest BCUT2D eigenvalue weighted by Gasteiger charge is 2.32. The van der Waals surface area contributed by atoms with Crippen molar-refractivity contribution in [2.45, 2.75) is 20.0 Å². The van der Waals surface area contributed by atoms with Crippen LogP contribution in [0.15, 0.2) is 48.5 Å². The van der Waals surface area contributed by atoms with Gasteiger partial charge in [0.25, 0.3) is 5.91 Å². The van der Waals surface area contributed by atoms with Gasteiger partial charge in [0.15, 0.2) is 6.10 Å². The fraction of sp³-hybridized carbons (Fsp3) is 0.333.